The number of hydrogen-bond donors (Lipinski definition) is 1. The van der Waals surface area contributed by atoms with Gasteiger partial charge < -0.3 is 14.7 Å². The van der Waals surface area contributed by atoms with Crippen molar-refractivity contribution in [2.24, 2.45) is 4.99 Å². The van der Waals surface area contributed by atoms with Gasteiger partial charge in [0, 0.05) is 37.8 Å². The molecule has 6 heteroatoms. The van der Waals surface area contributed by atoms with E-state index in [9.17, 15) is 0 Å². The highest BCUT2D eigenvalue weighted by Crippen LogP contribution is 2.16. The average Bonchev–Trinajstić information content (AvgIpc) is 3.17. The molecule has 0 amide bonds. The number of aryl methyl sites for hydroxylation is 2. The van der Waals surface area contributed by atoms with Crippen LogP contribution in [0.4, 0.5) is 0 Å². The molecule has 0 spiro atoms. The molecule has 1 unspecified atom stereocenters. The molecular formula is C18H33N5O. The Labute approximate surface area is 146 Å². The normalized spacial score (nSPS) is 18.7. The largest absolute Gasteiger partial charge is 0.361 e. The SMILES string of the molecule is CCNC(=NCCc1c(C)noc1C)N1CCC(N(CC)CC)C1. The summed E-state index contributed by atoms with van der Waals surface area (Å²) in [6.07, 6.45) is 2.10. The molecule has 0 aromatic carbocycles. The zero-order valence-electron chi connectivity index (χ0n) is 15.9. The number of nitrogens with one attached hydrogen (secondary N) is 1. The molecule has 0 aliphatic carbocycles. The highest BCUT2D eigenvalue weighted by Gasteiger charge is 2.27. The monoisotopic (exact) mass is 335 g/mol. The van der Waals surface area contributed by atoms with Crippen LogP contribution in [0.1, 0.15) is 44.2 Å². The maximum Gasteiger partial charge on any atom is 0.193 e. The van der Waals surface area contributed by atoms with Crippen molar-refractivity contribution < 1.29 is 4.52 Å². The number of aromatic nitrogens is 1. The highest BCUT2D eigenvalue weighted by atomic mass is 16.5. The molecule has 6 nitrogen and oxygen atoms in total. The average molecular weight is 335 g/mol. The molecule has 1 aromatic rings. The minimum absolute atomic E-state index is 0.645. The molecule has 1 fully saturated rings. The van der Waals surface area contributed by atoms with Crippen LogP contribution in [-0.2, 0) is 6.42 Å². The van der Waals surface area contributed by atoms with E-state index < -0.39 is 0 Å². The van der Waals surface area contributed by atoms with E-state index >= 15 is 0 Å². The Kier molecular flexibility index (Phi) is 7.09. The fourth-order valence-corrected chi connectivity index (χ4v) is 3.53. The zero-order valence-corrected chi connectivity index (χ0v) is 15.9. The summed E-state index contributed by atoms with van der Waals surface area (Å²) >= 11 is 0. The topological polar surface area (TPSA) is 56.9 Å². The van der Waals surface area contributed by atoms with Crippen molar-refractivity contribution in [2.75, 3.05) is 39.3 Å². The van der Waals surface area contributed by atoms with Crippen molar-refractivity contribution in [1.29, 1.82) is 0 Å². The summed E-state index contributed by atoms with van der Waals surface area (Å²) in [6.45, 7) is 16.6. The van der Waals surface area contributed by atoms with E-state index in [2.05, 4.69) is 41.0 Å². The maximum absolute atomic E-state index is 5.24. The van der Waals surface area contributed by atoms with Gasteiger partial charge in [-0.3, -0.25) is 9.89 Å². The number of hydrogen-bond acceptors (Lipinski definition) is 4. The first kappa shape index (κ1) is 18.8. The van der Waals surface area contributed by atoms with Crippen molar-refractivity contribution in [3.05, 3.63) is 17.0 Å². The molecule has 0 saturated carbocycles. The number of aliphatic imine (C=N–C) groups is 1. The molecule has 2 rings (SSSR count). The first-order valence-electron chi connectivity index (χ1n) is 9.29. The predicted molar refractivity (Wildman–Crippen MR) is 98.6 cm³/mol. The van der Waals surface area contributed by atoms with Gasteiger partial charge in [0.15, 0.2) is 5.96 Å². The zero-order chi connectivity index (χ0) is 17.5. The molecular weight excluding hydrogens is 302 g/mol. The lowest BCUT2D eigenvalue weighted by Gasteiger charge is -2.27. The number of nitrogens with zero attached hydrogens (tertiary/aromatic N) is 4. The lowest BCUT2D eigenvalue weighted by atomic mass is 10.1. The molecule has 1 N–H and O–H groups in total. The van der Waals surface area contributed by atoms with Crippen molar-refractivity contribution in [3.8, 4) is 0 Å². The van der Waals surface area contributed by atoms with Crippen LogP contribution in [-0.4, -0.2) is 66.2 Å². The van der Waals surface area contributed by atoms with E-state index in [1.807, 2.05) is 13.8 Å². The maximum atomic E-state index is 5.24. The quantitative estimate of drug-likeness (QED) is 0.612. The van der Waals surface area contributed by atoms with Gasteiger partial charge in [0.2, 0.25) is 0 Å². The standard InChI is InChI=1S/C18H33N5O/c1-6-19-18(20-11-9-17-14(4)21-24-15(17)5)23-12-10-16(13-23)22(7-2)8-3/h16H,6-13H2,1-5H3,(H,19,20). The molecule has 1 aliphatic heterocycles. The summed E-state index contributed by atoms with van der Waals surface area (Å²) in [4.78, 5) is 9.79. The van der Waals surface area contributed by atoms with Crippen LogP contribution >= 0.6 is 0 Å². The molecule has 1 aromatic heterocycles. The summed E-state index contributed by atoms with van der Waals surface area (Å²) < 4.78 is 5.24. The Hall–Kier alpha value is -1.56. The Morgan fingerprint density at radius 1 is 1.33 bits per heavy atom. The smallest absolute Gasteiger partial charge is 0.193 e. The van der Waals surface area contributed by atoms with Crippen LogP contribution in [0, 0.1) is 13.8 Å². The van der Waals surface area contributed by atoms with Gasteiger partial charge in [0.1, 0.15) is 5.76 Å². The highest BCUT2D eigenvalue weighted by molar-refractivity contribution is 5.80. The third-order valence-corrected chi connectivity index (χ3v) is 4.93. The van der Waals surface area contributed by atoms with Crippen LogP contribution in [0.5, 0.6) is 0 Å². The fourth-order valence-electron chi connectivity index (χ4n) is 3.53. The van der Waals surface area contributed by atoms with Gasteiger partial charge in [0.05, 0.1) is 5.69 Å². The first-order chi connectivity index (χ1) is 11.6. The van der Waals surface area contributed by atoms with Crippen molar-refractivity contribution in [1.82, 2.24) is 20.3 Å². The number of likely N-dealkylation sites (tertiary alicyclic amines) is 1. The summed E-state index contributed by atoms with van der Waals surface area (Å²) in [5.41, 5.74) is 2.17. The Morgan fingerprint density at radius 3 is 2.67 bits per heavy atom. The van der Waals surface area contributed by atoms with E-state index in [-0.39, 0.29) is 0 Å². The van der Waals surface area contributed by atoms with E-state index in [4.69, 9.17) is 9.52 Å². The molecule has 0 radical (unpaired) electrons. The van der Waals surface area contributed by atoms with Gasteiger partial charge in [-0.05, 0) is 46.7 Å². The van der Waals surface area contributed by atoms with E-state index in [0.717, 1.165) is 63.1 Å². The molecule has 1 saturated heterocycles. The minimum Gasteiger partial charge on any atom is -0.361 e. The second-order valence-corrected chi connectivity index (χ2v) is 6.40. The summed E-state index contributed by atoms with van der Waals surface area (Å²) in [5.74, 6) is 1.95. The summed E-state index contributed by atoms with van der Waals surface area (Å²) in [5, 5.41) is 7.47. The molecule has 24 heavy (non-hydrogen) atoms. The summed E-state index contributed by atoms with van der Waals surface area (Å²) in [7, 11) is 0. The van der Waals surface area contributed by atoms with Crippen LogP contribution < -0.4 is 5.32 Å². The van der Waals surface area contributed by atoms with E-state index in [0.29, 0.717) is 6.04 Å². The van der Waals surface area contributed by atoms with Crippen LogP contribution in [0.2, 0.25) is 0 Å². The van der Waals surface area contributed by atoms with Crippen molar-refractivity contribution >= 4 is 5.96 Å². The first-order valence-corrected chi connectivity index (χ1v) is 9.29. The minimum atomic E-state index is 0.645. The molecule has 136 valence electrons. The van der Waals surface area contributed by atoms with Gasteiger partial charge in [-0.2, -0.15) is 0 Å². The Morgan fingerprint density at radius 2 is 2.08 bits per heavy atom. The van der Waals surface area contributed by atoms with Gasteiger partial charge in [-0.1, -0.05) is 19.0 Å². The number of likely N-dealkylation sites (N-methyl/N-ethyl adjacent to an activating group) is 1. The third-order valence-electron chi connectivity index (χ3n) is 4.93. The van der Waals surface area contributed by atoms with Crippen LogP contribution in [0.25, 0.3) is 0 Å². The van der Waals surface area contributed by atoms with E-state index in [1.54, 1.807) is 0 Å². The van der Waals surface area contributed by atoms with Gasteiger partial charge >= 0.3 is 0 Å². The number of guanidine groups is 1. The lowest BCUT2D eigenvalue weighted by Crippen LogP contribution is -2.43. The molecule has 0 bridgehead atoms. The second kappa shape index (κ2) is 9.06. The number of rotatable bonds is 7. The molecule has 2 heterocycles. The Balaban J connectivity index is 1.96. The third kappa shape index (κ3) is 4.50. The van der Waals surface area contributed by atoms with E-state index in [1.165, 1.54) is 12.0 Å². The molecule has 1 aliphatic rings. The fraction of sp³-hybridized carbons (Fsp3) is 0.778. The van der Waals surface area contributed by atoms with Gasteiger partial charge in [0.25, 0.3) is 0 Å². The second-order valence-electron chi connectivity index (χ2n) is 6.40. The van der Waals surface area contributed by atoms with Gasteiger partial charge in [-0.15, -0.1) is 0 Å². The molecule has 1 atom stereocenters. The van der Waals surface area contributed by atoms with Crippen molar-refractivity contribution in [2.45, 2.75) is 53.5 Å². The lowest BCUT2D eigenvalue weighted by molar-refractivity contribution is 0.223. The van der Waals surface area contributed by atoms with Crippen LogP contribution in [0.15, 0.2) is 9.52 Å². The summed E-state index contributed by atoms with van der Waals surface area (Å²) in [6, 6.07) is 0.645. The van der Waals surface area contributed by atoms with Gasteiger partial charge in [-0.25, -0.2) is 0 Å². The Bertz CT molecular complexity index is 516. The predicted octanol–water partition coefficient (Wildman–Crippen LogP) is 2.22. The van der Waals surface area contributed by atoms with Crippen LogP contribution in [0.3, 0.4) is 0 Å². The van der Waals surface area contributed by atoms with Crippen molar-refractivity contribution in [3.63, 3.8) is 0 Å².